The molecule has 0 N–H and O–H groups in total. The van der Waals surface area contributed by atoms with Crippen LogP contribution in [0, 0.1) is 62.1 Å². The highest BCUT2D eigenvalue weighted by atomic mass is 16.5. The Morgan fingerprint density at radius 3 is 2.39 bits per heavy atom. The van der Waals surface area contributed by atoms with Gasteiger partial charge in [-0.15, -0.1) is 0 Å². The number of hydrogen-bond donors (Lipinski definition) is 0. The SMILES string of the molecule is C=C1C(C#N)=CC2(C)C3=CC(=O)C4C(CCC5(C(=O)OC)CCC(C)(C)CC45)C3(C)CCC2C1(C)C. The summed E-state index contributed by atoms with van der Waals surface area (Å²) in [6, 6.07) is 2.41. The summed E-state index contributed by atoms with van der Waals surface area (Å²) in [6.07, 6.45) is 10.5. The lowest BCUT2D eigenvalue weighted by atomic mass is 9.38. The number of carbonyl (C=O) groups is 2. The monoisotopic (exact) mass is 489 g/mol. The van der Waals surface area contributed by atoms with Gasteiger partial charge in [0.15, 0.2) is 5.78 Å². The maximum absolute atomic E-state index is 14.2. The van der Waals surface area contributed by atoms with Crippen molar-refractivity contribution < 1.29 is 14.3 Å². The van der Waals surface area contributed by atoms with Crippen LogP contribution in [-0.4, -0.2) is 18.9 Å². The molecular formula is C32H43NO3. The Bertz CT molecular complexity index is 1150. The van der Waals surface area contributed by atoms with Gasteiger partial charge in [-0.1, -0.05) is 59.8 Å². The molecule has 0 aromatic carbocycles. The van der Waals surface area contributed by atoms with Gasteiger partial charge in [-0.05, 0) is 90.6 Å². The molecule has 0 radical (unpaired) electrons. The molecule has 0 amide bonds. The first-order valence-corrected chi connectivity index (χ1v) is 13.9. The van der Waals surface area contributed by atoms with Crippen LogP contribution >= 0.6 is 0 Å². The van der Waals surface area contributed by atoms with Crippen molar-refractivity contribution >= 4 is 11.8 Å². The van der Waals surface area contributed by atoms with Crippen LogP contribution in [0.1, 0.15) is 86.5 Å². The zero-order valence-corrected chi connectivity index (χ0v) is 23.3. The molecule has 4 nitrogen and oxygen atoms in total. The van der Waals surface area contributed by atoms with Gasteiger partial charge in [-0.3, -0.25) is 9.59 Å². The summed E-state index contributed by atoms with van der Waals surface area (Å²) in [5, 5.41) is 9.97. The summed E-state index contributed by atoms with van der Waals surface area (Å²) >= 11 is 0. The van der Waals surface area contributed by atoms with E-state index < -0.39 is 5.41 Å². The van der Waals surface area contributed by atoms with Gasteiger partial charge in [0.1, 0.15) is 0 Å². The van der Waals surface area contributed by atoms with E-state index in [1.807, 2.05) is 6.08 Å². The van der Waals surface area contributed by atoms with Crippen LogP contribution in [0.25, 0.3) is 0 Å². The average molecular weight is 490 g/mol. The molecule has 3 saturated carbocycles. The van der Waals surface area contributed by atoms with Crippen LogP contribution in [0.3, 0.4) is 0 Å². The summed E-state index contributed by atoms with van der Waals surface area (Å²) in [6.45, 7) is 17.9. The number of nitrogens with zero attached hydrogens (tertiary/aromatic N) is 1. The van der Waals surface area contributed by atoms with Gasteiger partial charge in [0.05, 0.1) is 24.2 Å². The Labute approximate surface area is 217 Å². The molecule has 36 heavy (non-hydrogen) atoms. The number of methoxy groups -OCH3 is 1. The molecule has 0 aromatic heterocycles. The Morgan fingerprint density at radius 1 is 1.06 bits per heavy atom. The number of ether oxygens (including phenoxy) is 1. The molecule has 0 heterocycles. The number of nitriles is 1. The minimum atomic E-state index is -0.539. The second-order valence-corrected chi connectivity index (χ2v) is 14.4. The fourth-order valence-corrected chi connectivity index (χ4v) is 9.92. The molecule has 0 saturated heterocycles. The quantitative estimate of drug-likeness (QED) is 0.373. The smallest absolute Gasteiger partial charge is 0.312 e. The molecule has 0 aromatic rings. The van der Waals surface area contributed by atoms with Gasteiger partial charge >= 0.3 is 5.97 Å². The highest BCUT2D eigenvalue weighted by Crippen LogP contribution is 2.71. The highest BCUT2D eigenvalue weighted by Gasteiger charge is 2.66. The standard InChI is InChI=1S/C32H43NO3/c1-19-20(18-33)16-31(7)24(29(19,4)5)10-11-30(6)21-9-12-32(27(35)36-8)14-13-28(2,3)17-22(32)26(21)23(34)15-25(30)31/h15-16,21-22,24,26H,1,9-14,17H2,2-8H3. The molecular weight excluding hydrogens is 446 g/mol. The number of fused-ring (bicyclic) bond motifs is 7. The van der Waals surface area contributed by atoms with Crippen molar-refractivity contribution in [2.45, 2.75) is 86.5 Å². The van der Waals surface area contributed by atoms with E-state index in [0.717, 1.165) is 50.5 Å². The van der Waals surface area contributed by atoms with Crippen LogP contribution in [0.15, 0.2) is 35.5 Å². The summed E-state index contributed by atoms with van der Waals surface area (Å²) in [5.74, 6) is 0.472. The predicted octanol–water partition coefficient (Wildman–Crippen LogP) is 6.98. The first-order chi connectivity index (χ1) is 16.7. The Kier molecular flexibility index (Phi) is 5.44. The van der Waals surface area contributed by atoms with Crippen molar-refractivity contribution in [3.05, 3.63) is 35.5 Å². The second-order valence-electron chi connectivity index (χ2n) is 14.4. The molecule has 5 aliphatic rings. The molecule has 3 fully saturated rings. The number of allylic oxidation sites excluding steroid dienone is 5. The second kappa shape index (κ2) is 7.68. The normalized spacial score (nSPS) is 44.5. The molecule has 0 bridgehead atoms. The third-order valence-electron chi connectivity index (χ3n) is 11.9. The van der Waals surface area contributed by atoms with E-state index >= 15 is 0 Å². The first-order valence-electron chi connectivity index (χ1n) is 13.9. The van der Waals surface area contributed by atoms with Gasteiger partial charge in [0.25, 0.3) is 0 Å². The van der Waals surface area contributed by atoms with E-state index in [-0.39, 0.29) is 51.2 Å². The lowest BCUT2D eigenvalue weighted by molar-refractivity contribution is -0.178. The van der Waals surface area contributed by atoms with Gasteiger partial charge in [-0.25, -0.2) is 0 Å². The van der Waals surface area contributed by atoms with E-state index in [1.54, 1.807) is 0 Å². The van der Waals surface area contributed by atoms with Crippen molar-refractivity contribution in [1.29, 1.82) is 5.26 Å². The summed E-state index contributed by atoms with van der Waals surface area (Å²) < 4.78 is 5.40. The Morgan fingerprint density at radius 2 is 1.75 bits per heavy atom. The highest BCUT2D eigenvalue weighted by molar-refractivity contribution is 5.96. The number of rotatable bonds is 1. The molecule has 194 valence electrons. The van der Waals surface area contributed by atoms with Gasteiger partial charge in [0.2, 0.25) is 0 Å². The molecule has 0 aliphatic heterocycles. The average Bonchev–Trinajstić information content (AvgIpc) is 2.81. The zero-order chi connectivity index (χ0) is 26.5. The summed E-state index contributed by atoms with van der Waals surface area (Å²) in [4.78, 5) is 27.5. The fourth-order valence-electron chi connectivity index (χ4n) is 9.92. The van der Waals surface area contributed by atoms with E-state index in [9.17, 15) is 14.9 Å². The molecule has 4 heteroatoms. The van der Waals surface area contributed by atoms with Crippen LogP contribution in [0.2, 0.25) is 0 Å². The number of hydrogen-bond acceptors (Lipinski definition) is 4. The summed E-state index contributed by atoms with van der Waals surface area (Å²) in [5.41, 5.74) is 1.68. The minimum Gasteiger partial charge on any atom is -0.469 e. The Balaban J connectivity index is 1.66. The number of carbonyl (C=O) groups excluding carboxylic acids is 2. The maximum Gasteiger partial charge on any atom is 0.312 e. The largest absolute Gasteiger partial charge is 0.469 e. The molecule has 0 spiro atoms. The number of ketones is 1. The molecule has 7 unspecified atom stereocenters. The first kappa shape index (κ1) is 25.5. The van der Waals surface area contributed by atoms with E-state index in [2.05, 4.69) is 60.3 Å². The third-order valence-corrected chi connectivity index (χ3v) is 11.9. The van der Waals surface area contributed by atoms with Crippen LogP contribution in [-0.2, 0) is 14.3 Å². The predicted molar refractivity (Wildman–Crippen MR) is 140 cm³/mol. The van der Waals surface area contributed by atoms with Crippen molar-refractivity contribution in [2.75, 3.05) is 7.11 Å². The van der Waals surface area contributed by atoms with Gasteiger partial charge < -0.3 is 4.74 Å². The van der Waals surface area contributed by atoms with Crippen LogP contribution in [0.5, 0.6) is 0 Å². The lowest BCUT2D eigenvalue weighted by Gasteiger charge is -2.65. The van der Waals surface area contributed by atoms with Gasteiger partial charge in [-0.2, -0.15) is 5.26 Å². The van der Waals surface area contributed by atoms with E-state index in [4.69, 9.17) is 4.74 Å². The third kappa shape index (κ3) is 3.10. The maximum atomic E-state index is 14.2. The number of esters is 1. The molecule has 5 rings (SSSR count). The van der Waals surface area contributed by atoms with Crippen LogP contribution < -0.4 is 0 Å². The van der Waals surface area contributed by atoms with Gasteiger partial charge in [0, 0.05) is 11.3 Å². The van der Waals surface area contributed by atoms with E-state index in [0.29, 0.717) is 11.5 Å². The van der Waals surface area contributed by atoms with Crippen molar-refractivity contribution in [1.82, 2.24) is 0 Å². The lowest BCUT2D eigenvalue weighted by Crippen LogP contribution is -2.61. The Hall–Kier alpha value is -2.15. The van der Waals surface area contributed by atoms with Crippen molar-refractivity contribution in [3.63, 3.8) is 0 Å². The van der Waals surface area contributed by atoms with E-state index in [1.165, 1.54) is 12.7 Å². The topological polar surface area (TPSA) is 67.2 Å². The zero-order valence-electron chi connectivity index (χ0n) is 23.3. The minimum absolute atomic E-state index is 0.0212. The fraction of sp³-hybridized carbons (Fsp3) is 0.719. The van der Waals surface area contributed by atoms with Crippen molar-refractivity contribution in [2.24, 2.45) is 50.7 Å². The van der Waals surface area contributed by atoms with Crippen molar-refractivity contribution in [3.8, 4) is 6.07 Å². The summed E-state index contributed by atoms with van der Waals surface area (Å²) in [7, 11) is 1.50. The molecule has 5 aliphatic carbocycles. The molecule has 7 atom stereocenters. The van der Waals surface area contributed by atoms with Crippen LogP contribution in [0.4, 0.5) is 0 Å².